The van der Waals surface area contributed by atoms with Gasteiger partial charge in [-0.15, -0.1) is 0 Å². The minimum Gasteiger partial charge on any atom is -0.495 e. The third kappa shape index (κ3) is 4.71. The van der Waals surface area contributed by atoms with Crippen LogP contribution in [0.3, 0.4) is 0 Å². The van der Waals surface area contributed by atoms with Crippen LogP contribution in [-0.4, -0.2) is 33.7 Å². The number of rotatable bonds is 6. The van der Waals surface area contributed by atoms with Gasteiger partial charge < -0.3 is 9.47 Å². The van der Waals surface area contributed by atoms with E-state index in [1.54, 1.807) is 20.2 Å². The van der Waals surface area contributed by atoms with E-state index in [2.05, 4.69) is 19.9 Å². The zero-order valence-corrected chi connectivity index (χ0v) is 17.4. The summed E-state index contributed by atoms with van der Waals surface area (Å²) in [4.78, 5) is 16.4. The molecule has 2 unspecified atom stereocenters. The molecule has 6 nitrogen and oxygen atoms in total. The Morgan fingerprint density at radius 1 is 1.10 bits per heavy atom. The van der Waals surface area contributed by atoms with Gasteiger partial charge >= 0.3 is 6.18 Å². The van der Waals surface area contributed by atoms with Crippen molar-refractivity contribution in [2.75, 3.05) is 13.7 Å². The summed E-state index contributed by atoms with van der Waals surface area (Å²) >= 11 is 6.09. The third-order valence-electron chi connectivity index (χ3n) is 5.06. The Hall–Kier alpha value is -2.94. The Balaban J connectivity index is 1.53. The molecule has 10 heteroatoms. The lowest BCUT2D eigenvalue weighted by Gasteiger charge is -2.13. The zero-order valence-electron chi connectivity index (χ0n) is 16.7. The number of methoxy groups -OCH3 is 1. The van der Waals surface area contributed by atoms with E-state index in [1.165, 1.54) is 6.20 Å². The Bertz CT molecular complexity index is 1090. The molecule has 0 bridgehead atoms. The van der Waals surface area contributed by atoms with Crippen LogP contribution in [-0.2, 0) is 6.18 Å². The molecule has 1 fully saturated rings. The van der Waals surface area contributed by atoms with E-state index >= 15 is 0 Å². The highest BCUT2D eigenvalue weighted by molar-refractivity contribution is 6.32. The highest BCUT2D eigenvalue weighted by atomic mass is 35.5. The predicted molar refractivity (Wildman–Crippen MR) is 107 cm³/mol. The molecular weight excluding hydrogens is 433 g/mol. The molecule has 4 rings (SSSR count). The van der Waals surface area contributed by atoms with Crippen LogP contribution < -0.4 is 9.47 Å². The summed E-state index contributed by atoms with van der Waals surface area (Å²) in [5.74, 6) is 1.75. The van der Waals surface area contributed by atoms with E-state index in [0.29, 0.717) is 24.4 Å². The van der Waals surface area contributed by atoms with Gasteiger partial charge in [0.15, 0.2) is 0 Å². The quantitative estimate of drug-likeness (QED) is 0.486. The van der Waals surface area contributed by atoms with E-state index in [9.17, 15) is 13.2 Å². The summed E-state index contributed by atoms with van der Waals surface area (Å²) < 4.78 is 50.4. The molecule has 1 saturated carbocycles. The van der Waals surface area contributed by atoms with Gasteiger partial charge in [-0.3, -0.25) is 4.98 Å². The van der Waals surface area contributed by atoms with Crippen LogP contribution in [0.4, 0.5) is 13.2 Å². The zero-order chi connectivity index (χ0) is 22.2. The second-order valence-electron chi connectivity index (χ2n) is 7.23. The van der Waals surface area contributed by atoms with Crippen molar-refractivity contribution in [3.63, 3.8) is 0 Å². The fourth-order valence-electron chi connectivity index (χ4n) is 3.25. The van der Waals surface area contributed by atoms with Crippen molar-refractivity contribution in [1.82, 2.24) is 19.9 Å². The number of pyridine rings is 2. The lowest BCUT2D eigenvalue weighted by atomic mass is 10.1. The van der Waals surface area contributed by atoms with Gasteiger partial charge in [0.05, 0.1) is 31.0 Å². The average Bonchev–Trinajstić information content (AvgIpc) is 3.52. The molecular formula is C21H18ClF3N4O2. The molecule has 3 aromatic rings. The monoisotopic (exact) mass is 450 g/mol. The largest absolute Gasteiger partial charge is 0.495 e. The number of aromatic nitrogens is 4. The Kier molecular flexibility index (Phi) is 5.70. The maximum Gasteiger partial charge on any atom is 0.417 e. The van der Waals surface area contributed by atoms with Crippen molar-refractivity contribution < 1.29 is 22.6 Å². The van der Waals surface area contributed by atoms with E-state index in [-0.39, 0.29) is 34.0 Å². The van der Waals surface area contributed by atoms with Gasteiger partial charge in [0, 0.05) is 35.5 Å². The molecule has 0 amide bonds. The summed E-state index contributed by atoms with van der Waals surface area (Å²) in [7, 11) is 1.58. The summed E-state index contributed by atoms with van der Waals surface area (Å²) in [6.45, 7) is 2.01. The standard InChI is InChI=1S/C21H18ClF3N4O2/c1-11-26-9-17(16-6-13(21(23,24)25)7-28-19(16)22)20(29-11)31-10-12-5-15(12)18-4-3-14(30-2)8-27-18/h3-4,6-9,12,15H,5,10H2,1-2H3. The molecule has 0 saturated heterocycles. The second kappa shape index (κ2) is 8.30. The number of hydrogen-bond acceptors (Lipinski definition) is 6. The molecule has 0 spiro atoms. The average molecular weight is 451 g/mol. The number of ether oxygens (including phenoxy) is 2. The third-order valence-corrected chi connectivity index (χ3v) is 5.36. The molecule has 31 heavy (non-hydrogen) atoms. The maximum atomic E-state index is 13.1. The molecule has 1 aliphatic carbocycles. The summed E-state index contributed by atoms with van der Waals surface area (Å²) in [6, 6.07) is 4.70. The van der Waals surface area contributed by atoms with Crippen LogP contribution in [0.15, 0.2) is 36.8 Å². The van der Waals surface area contributed by atoms with Crippen molar-refractivity contribution in [2.45, 2.75) is 25.4 Å². The first-order chi connectivity index (χ1) is 14.8. The fourth-order valence-corrected chi connectivity index (χ4v) is 3.45. The minimum atomic E-state index is -4.55. The van der Waals surface area contributed by atoms with Crippen LogP contribution in [0.25, 0.3) is 11.1 Å². The maximum absolute atomic E-state index is 13.1. The van der Waals surface area contributed by atoms with Crippen LogP contribution in [0.2, 0.25) is 5.15 Å². The predicted octanol–water partition coefficient (Wildman–Crippen LogP) is 5.11. The summed E-state index contributed by atoms with van der Waals surface area (Å²) in [5.41, 5.74) is 0.356. The minimum absolute atomic E-state index is 0.0654. The van der Waals surface area contributed by atoms with Gasteiger partial charge in [0.1, 0.15) is 16.7 Å². The smallest absolute Gasteiger partial charge is 0.417 e. The van der Waals surface area contributed by atoms with Crippen molar-refractivity contribution in [3.05, 3.63) is 59.0 Å². The molecule has 0 aliphatic heterocycles. The van der Waals surface area contributed by atoms with Crippen molar-refractivity contribution in [1.29, 1.82) is 0 Å². The van der Waals surface area contributed by atoms with Crippen LogP contribution in [0, 0.1) is 12.8 Å². The van der Waals surface area contributed by atoms with Crippen molar-refractivity contribution >= 4 is 11.6 Å². The second-order valence-corrected chi connectivity index (χ2v) is 7.59. The number of aryl methyl sites for hydroxylation is 1. The van der Waals surface area contributed by atoms with Gasteiger partial charge in [0.25, 0.3) is 0 Å². The Morgan fingerprint density at radius 2 is 1.90 bits per heavy atom. The van der Waals surface area contributed by atoms with Crippen LogP contribution in [0.5, 0.6) is 11.6 Å². The lowest BCUT2D eigenvalue weighted by Crippen LogP contribution is -2.08. The number of halogens is 4. The topological polar surface area (TPSA) is 70.0 Å². The highest BCUT2D eigenvalue weighted by Crippen LogP contribution is 2.47. The van der Waals surface area contributed by atoms with Gasteiger partial charge in [-0.1, -0.05) is 11.6 Å². The number of hydrogen-bond donors (Lipinski definition) is 0. The molecule has 1 aliphatic rings. The van der Waals surface area contributed by atoms with E-state index in [0.717, 1.165) is 18.2 Å². The van der Waals surface area contributed by atoms with Gasteiger partial charge in [0.2, 0.25) is 5.88 Å². The first kappa shape index (κ1) is 21.3. The highest BCUT2D eigenvalue weighted by Gasteiger charge is 2.40. The SMILES string of the molecule is COc1ccc(C2CC2COc2nc(C)ncc2-c2cc(C(F)(F)F)cnc2Cl)nc1. The van der Waals surface area contributed by atoms with E-state index < -0.39 is 11.7 Å². The van der Waals surface area contributed by atoms with Gasteiger partial charge in [-0.2, -0.15) is 18.2 Å². The number of nitrogens with zero attached hydrogens (tertiary/aromatic N) is 4. The Labute approximate surface area is 181 Å². The first-order valence-corrected chi connectivity index (χ1v) is 9.83. The normalized spacial score (nSPS) is 18.0. The van der Waals surface area contributed by atoms with E-state index in [1.807, 2.05) is 12.1 Å². The summed E-state index contributed by atoms with van der Waals surface area (Å²) in [6.07, 6.45) is 0.102. The van der Waals surface area contributed by atoms with Crippen molar-refractivity contribution in [2.24, 2.45) is 5.92 Å². The Morgan fingerprint density at radius 3 is 2.58 bits per heavy atom. The van der Waals surface area contributed by atoms with E-state index in [4.69, 9.17) is 21.1 Å². The summed E-state index contributed by atoms with van der Waals surface area (Å²) in [5, 5.41) is -0.0861. The first-order valence-electron chi connectivity index (χ1n) is 9.45. The molecule has 0 radical (unpaired) electrons. The molecule has 162 valence electrons. The number of alkyl halides is 3. The molecule has 3 aromatic heterocycles. The fraction of sp³-hybridized carbons (Fsp3) is 0.333. The van der Waals surface area contributed by atoms with Crippen molar-refractivity contribution in [3.8, 4) is 22.8 Å². The van der Waals surface area contributed by atoms with Gasteiger partial charge in [-0.05, 0) is 31.5 Å². The van der Waals surface area contributed by atoms with Crippen LogP contribution in [0.1, 0.15) is 29.4 Å². The molecule has 3 heterocycles. The molecule has 0 N–H and O–H groups in total. The van der Waals surface area contributed by atoms with Crippen LogP contribution >= 0.6 is 11.6 Å². The van der Waals surface area contributed by atoms with Gasteiger partial charge in [-0.25, -0.2) is 9.97 Å². The molecule has 2 atom stereocenters. The lowest BCUT2D eigenvalue weighted by molar-refractivity contribution is -0.137. The molecule has 0 aromatic carbocycles.